The van der Waals surface area contributed by atoms with E-state index in [0.717, 1.165) is 17.5 Å². The van der Waals surface area contributed by atoms with Crippen molar-refractivity contribution in [1.82, 2.24) is 0 Å². The molecule has 2 aromatic rings. The number of aliphatic imine (C=N–C) groups is 1. The molecule has 160 valence electrons. The molecule has 0 radical (unpaired) electrons. The first kappa shape index (κ1) is 19.9. The highest BCUT2D eigenvalue weighted by Gasteiger charge is 2.61. The highest BCUT2D eigenvalue weighted by atomic mass is 16.5. The Labute approximate surface area is 183 Å². The van der Waals surface area contributed by atoms with Gasteiger partial charge in [0.15, 0.2) is 0 Å². The third kappa shape index (κ3) is 3.00. The predicted molar refractivity (Wildman–Crippen MR) is 121 cm³/mol. The summed E-state index contributed by atoms with van der Waals surface area (Å²) in [6.07, 6.45) is 7.40. The van der Waals surface area contributed by atoms with E-state index in [0.29, 0.717) is 29.9 Å². The average molecular weight is 416 g/mol. The second kappa shape index (κ2) is 7.30. The van der Waals surface area contributed by atoms with Gasteiger partial charge in [-0.05, 0) is 71.7 Å². The van der Waals surface area contributed by atoms with E-state index in [9.17, 15) is 5.26 Å². The Morgan fingerprint density at radius 2 is 1.94 bits per heavy atom. The van der Waals surface area contributed by atoms with E-state index in [1.807, 2.05) is 12.1 Å². The molecule has 2 aromatic carbocycles. The summed E-state index contributed by atoms with van der Waals surface area (Å²) in [6.45, 7) is 2.90. The largest absolute Gasteiger partial charge is 0.497 e. The fourth-order valence-electron chi connectivity index (χ4n) is 6.18. The molecule has 1 saturated carbocycles. The van der Waals surface area contributed by atoms with Crippen molar-refractivity contribution in [2.75, 3.05) is 13.7 Å². The monoisotopic (exact) mass is 415 g/mol. The van der Waals surface area contributed by atoms with Crippen LogP contribution in [0.3, 0.4) is 0 Å². The molecular weight excluding hydrogens is 386 g/mol. The summed E-state index contributed by atoms with van der Waals surface area (Å²) in [5, 5.41) is 9.44. The number of benzene rings is 2. The van der Waals surface area contributed by atoms with Gasteiger partial charge in [0, 0.05) is 5.41 Å². The van der Waals surface area contributed by atoms with Gasteiger partial charge in [0.25, 0.3) is 6.02 Å². The zero-order valence-electron chi connectivity index (χ0n) is 18.3. The first-order chi connectivity index (χ1) is 15.0. The summed E-state index contributed by atoms with van der Waals surface area (Å²) >= 11 is 0. The molecule has 2 atom stereocenters. The topological polar surface area (TPSA) is 80.6 Å². The van der Waals surface area contributed by atoms with E-state index in [-0.39, 0.29) is 5.41 Å². The van der Waals surface area contributed by atoms with Crippen LogP contribution in [0.15, 0.2) is 41.4 Å². The van der Waals surface area contributed by atoms with E-state index >= 15 is 0 Å². The SMILES string of the molecule is COc1cc(C#N)cc(-c2ccc3c(c2)C2(COC(N)=N2)C(C)(C2CCCCC2)C3)c1. The third-order valence-corrected chi connectivity index (χ3v) is 7.90. The summed E-state index contributed by atoms with van der Waals surface area (Å²) < 4.78 is 11.2. The summed E-state index contributed by atoms with van der Waals surface area (Å²) in [5.74, 6) is 1.29. The Hall–Kier alpha value is -3.00. The van der Waals surface area contributed by atoms with Crippen LogP contribution in [0, 0.1) is 22.7 Å². The summed E-state index contributed by atoms with van der Waals surface area (Å²) in [6, 6.07) is 14.8. The Morgan fingerprint density at radius 1 is 1.13 bits per heavy atom. The fraction of sp³-hybridized carbons (Fsp3) is 0.462. The summed E-state index contributed by atoms with van der Waals surface area (Å²) in [4.78, 5) is 4.99. The summed E-state index contributed by atoms with van der Waals surface area (Å²) in [5.41, 5.74) is 10.8. The number of fused-ring (bicyclic) bond motifs is 2. The lowest BCUT2D eigenvalue weighted by atomic mass is 9.60. The van der Waals surface area contributed by atoms with Crippen LogP contribution in [0.5, 0.6) is 5.75 Å². The van der Waals surface area contributed by atoms with Gasteiger partial charge in [0.1, 0.15) is 17.9 Å². The molecular formula is C26H29N3O2. The van der Waals surface area contributed by atoms with E-state index in [1.165, 1.54) is 43.2 Å². The first-order valence-corrected chi connectivity index (χ1v) is 11.2. The van der Waals surface area contributed by atoms with Crippen LogP contribution >= 0.6 is 0 Å². The van der Waals surface area contributed by atoms with E-state index in [1.54, 1.807) is 13.2 Å². The third-order valence-electron chi connectivity index (χ3n) is 7.90. The minimum absolute atomic E-state index is 0.0122. The Balaban J connectivity index is 1.64. The Kier molecular flexibility index (Phi) is 4.69. The molecule has 3 aliphatic rings. The van der Waals surface area contributed by atoms with Crippen molar-refractivity contribution in [2.45, 2.75) is 51.0 Å². The lowest BCUT2D eigenvalue weighted by Crippen LogP contribution is -2.46. The smallest absolute Gasteiger partial charge is 0.283 e. The molecule has 5 nitrogen and oxygen atoms in total. The quantitative estimate of drug-likeness (QED) is 0.772. The number of amidine groups is 1. The van der Waals surface area contributed by atoms with Gasteiger partial charge in [0.05, 0.1) is 18.7 Å². The molecule has 5 rings (SSSR count). The molecule has 2 N–H and O–H groups in total. The van der Waals surface area contributed by atoms with Crippen LogP contribution in [0.4, 0.5) is 0 Å². The maximum atomic E-state index is 9.44. The minimum Gasteiger partial charge on any atom is -0.497 e. The zero-order chi connectivity index (χ0) is 21.6. The molecule has 2 aliphatic carbocycles. The molecule has 1 fully saturated rings. The molecule has 1 heterocycles. The van der Waals surface area contributed by atoms with Crippen LogP contribution in [0.1, 0.15) is 55.7 Å². The van der Waals surface area contributed by atoms with Gasteiger partial charge >= 0.3 is 0 Å². The number of nitrogens with zero attached hydrogens (tertiary/aromatic N) is 2. The molecule has 0 saturated heterocycles. The van der Waals surface area contributed by atoms with Crippen LogP contribution in [0.25, 0.3) is 11.1 Å². The molecule has 0 amide bonds. The van der Waals surface area contributed by atoms with Gasteiger partial charge in [-0.2, -0.15) is 5.26 Å². The van der Waals surface area contributed by atoms with Crippen LogP contribution in [-0.4, -0.2) is 19.7 Å². The molecule has 31 heavy (non-hydrogen) atoms. The van der Waals surface area contributed by atoms with Crippen LogP contribution in [0.2, 0.25) is 0 Å². The van der Waals surface area contributed by atoms with E-state index in [2.05, 4.69) is 31.2 Å². The second-order valence-electron chi connectivity index (χ2n) is 9.46. The van der Waals surface area contributed by atoms with Gasteiger partial charge < -0.3 is 15.2 Å². The number of nitriles is 1. The van der Waals surface area contributed by atoms with Crippen molar-refractivity contribution in [3.8, 4) is 22.9 Å². The van der Waals surface area contributed by atoms with Crippen molar-refractivity contribution >= 4 is 6.02 Å². The number of rotatable bonds is 3. The minimum atomic E-state index is -0.443. The predicted octanol–water partition coefficient (Wildman–Crippen LogP) is 4.92. The van der Waals surface area contributed by atoms with Gasteiger partial charge in [0.2, 0.25) is 0 Å². The lowest BCUT2D eigenvalue weighted by Gasteiger charge is -2.45. The maximum Gasteiger partial charge on any atom is 0.283 e. The Morgan fingerprint density at radius 3 is 2.61 bits per heavy atom. The van der Waals surface area contributed by atoms with Crippen molar-refractivity contribution in [3.63, 3.8) is 0 Å². The van der Waals surface area contributed by atoms with Crippen molar-refractivity contribution < 1.29 is 9.47 Å². The van der Waals surface area contributed by atoms with Gasteiger partial charge in [-0.15, -0.1) is 0 Å². The normalized spacial score (nSPS) is 27.5. The number of ether oxygens (including phenoxy) is 2. The number of methoxy groups -OCH3 is 1. The number of nitrogens with two attached hydrogens (primary N) is 1. The second-order valence-corrected chi connectivity index (χ2v) is 9.46. The van der Waals surface area contributed by atoms with Crippen molar-refractivity contribution in [2.24, 2.45) is 22.1 Å². The maximum absolute atomic E-state index is 9.44. The van der Waals surface area contributed by atoms with E-state index < -0.39 is 5.54 Å². The molecule has 5 heteroatoms. The van der Waals surface area contributed by atoms with Crippen molar-refractivity contribution in [1.29, 1.82) is 5.26 Å². The molecule has 1 spiro atoms. The zero-order valence-corrected chi connectivity index (χ0v) is 18.3. The van der Waals surface area contributed by atoms with Gasteiger partial charge in [-0.1, -0.05) is 38.3 Å². The number of hydrogen-bond acceptors (Lipinski definition) is 5. The van der Waals surface area contributed by atoms with Crippen molar-refractivity contribution in [3.05, 3.63) is 53.1 Å². The van der Waals surface area contributed by atoms with Crippen LogP contribution < -0.4 is 10.5 Å². The standard InChI is InChI=1S/C26H29N3O2/c1-25(21-6-4-3-5-7-21)14-19-9-8-18(13-23(19)26(25)16-31-24(28)29-26)20-10-17(15-27)11-22(12-20)30-2/h8-13,21H,3-7,14,16H2,1-2H3,(H2,28,29). The molecule has 0 aromatic heterocycles. The Bertz CT molecular complexity index is 1100. The van der Waals surface area contributed by atoms with E-state index in [4.69, 9.17) is 20.2 Å². The highest BCUT2D eigenvalue weighted by molar-refractivity contribution is 5.76. The highest BCUT2D eigenvalue weighted by Crippen LogP contribution is 2.61. The molecule has 0 bridgehead atoms. The van der Waals surface area contributed by atoms with Gasteiger partial charge in [-0.3, -0.25) is 0 Å². The molecule has 2 unspecified atom stereocenters. The summed E-state index contributed by atoms with van der Waals surface area (Å²) in [7, 11) is 1.63. The van der Waals surface area contributed by atoms with Crippen LogP contribution in [-0.2, 0) is 16.7 Å². The average Bonchev–Trinajstić information content (AvgIpc) is 3.32. The fourth-order valence-corrected chi connectivity index (χ4v) is 6.18. The lowest BCUT2D eigenvalue weighted by molar-refractivity contribution is 0.0367. The number of hydrogen-bond donors (Lipinski definition) is 1. The van der Waals surface area contributed by atoms with Gasteiger partial charge in [-0.25, -0.2) is 4.99 Å². The first-order valence-electron chi connectivity index (χ1n) is 11.2. The molecule has 1 aliphatic heterocycles.